The number of urea groups is 1. The first-order valence-electron chi connectivity index (χ1n) is 8.08. The number of hydrogen-bond acceptors (Lipinski definition) is 4. The molecule has 1 atom stereocenters. The third-order valence-corrected chi connectivity index (χ3v) is 3.79. The fourth-order valence-corrected chi connectivity index (χ4v) is 2.49. The molecule has 0 saturated carbocycles. The molecular weight excluding hydrogens is 306 g/mol. The third-order valence-electron chi connectivity index (χ3n) is 3.79. The Morgan fingerprint density at radius 1 is 1.33 bits per heavy atom. The molecule has 7 nitrogen and oxygen atoms in total. The van der Waals surface area contributed by atoms with Crippen LogP contribution in [-0.2, 0) is 0 Å². The van der Waals surface area contributed by atoms with E-state index in [9.17, 15) is 4.79 Å². The lowest BCUT2D eigenvalue weighted by Crippen LogP contribution is -2.41. The fourth-order valence-electron chi connectivity index (χ4n) is 2.49. The summed E-state index contributed by atoms with van der Waals surface area (Å²) >= 11 is 0. The van der Waals surface area contributed by atoms with E-state index in [1.54, 1.807) is 16.9 Å². The highest BCUT2D eigenvalue weighted by Gasteiger charge is 2.15. The molecule has 1 unspecified atom stereocenters. The quantitative estimate of drug-likeness (QED) is 0.758. The first-order chi connectivity index (χ1) is 11.4. The van der Waals surface area contributed by atoms with Gasteiger partial charge in [0.2, 0.25) is 0 Å². The van der Waals surface area contributed by atoms with Gasteiger partial charge in [-0.25, -0.2) is 14.5 Å². The molecule has 2 amide bonds. The lowest BCUT2D eigenvalue weighted by molar-refractivity contribution is 0.227. The summed E-state index contributed by atoms with van der Waals surface area (Å²) in [5, 5.41) is 19.1. The number of anilines is 1. The Morgan fingerprint density at radius 2 is 2.08 bits per heavy atom. The number of nitrogens with zero attached hydrogens (tertiary/aromatic N) is 3. The highest BCUT2D eigenvalue weighted by molar-refractivity contribution is 5.89. The van der Waals surface area contributed by atoms with Crippen LogP contribution in [0.3, 0.4) is 0 Å². The Balaban J connectivity index is 2.01. The second-order valence-electron chi connectivity index (χ2n) is 6.21. The van der Waals surface area contributed by atoms with Crippen LogP contribution in [0.15, 0.2) is 24.4 Å². The Bertz CT molecular complexity index is 679. The van der Waals surface area contributed by atoms with Crippen molar-refractivity contribution < 1.29 is 9.90 Å². The third kappa shape index (κ3) is 4.55. The molecule has 0 fully saturated rings. The summed E-state index contributed by atoms with van der Waals surface area (Å²) in [7, 11) is 0. The largest absolute Gasteiger partial charge is 0.396 e. The number of carbonyl (C=O) groups excluding carboxylic acids is 1. The zero-order chi connectivity index (χ0) is 17.7. The van der Waals surface area contributed by atoms with E-state index in [0.29, 0.717) is 17.9 Å². The van der Waals surface area contributed by atoms with Crippen molar-refractivity contribution in [2.45, 2.75) is 40.2 Å². The average molecular weight is 331 g/mol. The van der Waals surface area contributed by atoms with Gasteiger partial charge in [0.1, 0.15) is 0 Å². The summed E-state index contributed by atoms with van der Waals surface area (Å²) in [5.74, 6) is 0.946. The number of aryl methyl sites for hydroxylation is 2. The summed E-state index contributed by atoms with van der Waals surface area (Å²) in [6, 6.07) is 5.20. The summed E-state index contributed by atoms with van der Waals surface area (Å²) < 4.78 is 1.76. The maximum absolute atomic E-state index is 12.1. The van der Waals surface area contributed by atoms with Gasteiger partial charge in [0.15, 0.2) is 5.82 Å². The van der Waals surface area contributed by atoms with Gasteiger partial charge in [0.05, 0.1) is 17.6 Å². The van der Waals surface area contributed by atoms with Gasteiger partial charge in [0.25, 0.3) is 0 Å². The van der Waals surface area contributed by atoms with Gasteiger partial charge in [-0.15, -0.1) is 0 Å². The predicted octanol–water partition coefficient (Wildman–Crippen LogP) is 2.41. The van der Waals surface area contributed by atoms with Gasteiger partial charge in [-0.05, 0) is 44.4 Å². The standard InChI is InChI=1S/C17H25N5O2/c1-11(2)15(7-8-23)20-17(24)19-14-5-6-16(18-10-14)22-13(4)9-12(3)21-22/h5-6,9-11,15,23H,7-8H2,1-4H3,(H2,19,20,24). The van der Waals surface area contributed by atoms with Crippen molar-refractivity contribution in [1.82, 2.24) is 20.1 Å². The number of rotatable bonds is 6. The maximum Gasteiger partial charge on any atom is 0.319 e. The van der Waals surface area contributed by atoms with Gasteiger partial charge >= 0.3 is 6.03 Å². The predicted molar refractivity (Wildman–Crippen MR) is 93.3 cm³/mol. The molecule has 0 aliphatic rings. The van der Waals surface area contributed by atoms with Crippen LogP contribution in [0.2, 0.25) is 0 Å². The van der Waals surface area contributed by atoms with Crippen molar-refractivity contribution in [3.8, 4) is 5.82 Å². The summed E-state index contributed by atoms with van der Waals surface area (Å²) in [4.78, 5) is 16.4. The molecule has 0 aromatic carbocycles. The van der Waals surface area contributed by atoms with Crippen molar-refractivity contribution in [3.05, 3.63) is 35.8 Å². The molecule has 0 bridgehead atoms. The first kappa shape index (κ1) is 17.9. The van der Waals surface area contributed by atoms with Crippen molar-refractivity contribution in [2.75, 3.05) is 11.9 Å². The van der Waals surface area contributed by atoms with Gasteiger partial charge < -0.3 is 15.7 Å². The molecule has 2 rings (SSSR count). The smallest absolute Gasteiger partial charge is 0.319 e. The first-order valence-corrected chi connectivity index (χ1v) is 8.08. The molecule has 0 saturated heterocycles. The van der Waals surface area contributed by atoms with Crippen LogP contribution in [0.5, 0.6) is 0 Å². The number of pyridine rings is 1. The minimum atomic E-state index is -0.303. The average Bonchev–Trinajstić information content (AvgIpc) is 2.86. The highest BCUT2D eigenvalue weighted by Crippen LogP contribution is 2.13. The Labute approximate surface area is 142 Å². The van der Waals surface area contributed by atoms with E-state index >= 15 is 0 Å². The van der Waals surface area contributed by atoms with Gasteiger partial charge in [0, 0.05) is 18.3 Å². The molecule has 0 radical (unpaired) electrons. The Morgan fingerprint density at radius 3 is 2.58 bits per heavy atom. The molecule has 2 aromatic rings. The van der Waals surface area contributed by atoms with E-state index in [1.165, 1.54) is 0 Å². The molecule has 2 heterocycles. The zero-order valence-electron chi connectivity index (χ0n) is 14.6. The van der Waals surface area contributed by atoms with Crippen LogP contribution in [0, 0.1) is 19.8 Å². The number of aromatic nitrogens is 3. The molecule has 0 aliphatic heterocycles. The number of aliphatic hydroxyl groups excluding tert-OH is 1. The summed E-state index contributed by atoms with van der Waals surface area (Å²) in [6.45, 7) is 7.95. The molecule has 3 N–H and O–H groups in total. The van der Waals surface area contributed by atoms with Crippen molar-refractivity contribution in [2.24, 2.45) is 5.92 Å². The summed E-state index contributed by atoms with van der Waals surface area (Å²) in [6.07, 6.45) is 2.13. The van der Waals surface area contributed by atoms with E-state index in [0.717, 1.165) is 11.4 Å². The Kier molecular flexibility index (Phi) is 5.92. The molecule has 0 aliphatic carbocycles. The molecule has 0 spiro atoms. The van der Waals surface area contributed by atoms with E-state index in [-0.39, 0.29) is 24.6 Å². The zero-order valence-corrected chi connectivity index (χ0v) is 14.6. The maximum atomic E-state index is 12.1. The van der Waals surface area contributed by atoms with Crippen LogP contribution in [0.4, 0.5) is 10.5 Å². The van der Waals surface area contributed by atoms with E-state index in [1.807, 2.05) is 39.8 Å². The van der Waals surface area contributed by atoms with Crippen LogP contribution >= 0.6 is 0 Å². The number of aliphatic hydroxyl groups is 1. The minimum absolute atomic E-state index is 0.0437. The van der Waals surface area contributed by atoms with E-state index < -0.39 is 0 Å². The van der Waals surface area contributed by atoms with Crippen LogP contribution in [-0.4, -0.2) is 38.6 Å². The normalized spacial score (nSPS) is 12.2. The Hall–Kier alpha value is -2.41. The number of carbonyl (C=O) groups is 1. The lowest BCUT2D eigenvalue weighted by Gasteiger charge is -2.21. The van der Waals surface area contributed by atoms with Crippen LogP contribution in [0.1, 0.15) is 31.7 Å². The second-order valence-corrected chi connectivity index (χ2v) is 6.21. The van der Waals surface area contributed by atoms with Crippen molar-refractivity contribution >= 4 is 11.7 Å². The molecule has 24 heavy (non-hydrogen) atoms. The van der Waals surface area contributed by atoms with Crippen molar-refractivity contribution in [3.63, 3.8) is 0 Å². The monoisotopic (exact) mass is 331 g/mol. The summed E-state index contributed by atoms with van der Waals surface area (Å²) in [5.41, 5.74) is 2.53. The van der Waals surface area contributed by atoms with Crippen LogP contribution in [0.25, 0.3) is 5.82 Å². The number of nitrogens with one attached hydrogen (secondary N) is 2. The molecule has 7 heteroatoms. The topological polar surface area (TPSA) is 92.1 Å². The molecule has 130 valence electrons. The van der Waals surface area contributed by atoms with Crippen molar-refractivity contribution in [1.29, 1.82) is 0 Å². The fraction of sp³-hybridized carbons (Fsp3) is 0.471. The van der Waals surface area contributed by atoms with Crippen LogP contribution < -0.4 is 10.6 Å². The van der Waals surface area contributed by atoms with E-state index in [4.69, 9.17) is 5.11 Å². The highest BCUT2D eigenvalue weighted by atomic mass is 16.3. The van der Waals surface area contributed by atoms with Gasteiger partial charge in [-0.1, -0.05) is 13.8 Å². The number of hydrogen-bond donors (Lipinski definition) is 3. The van der Waals surface area contributed by atoms with Gasteiger partial charge in [-0.3, -0.25) is 0 Å². The van der Waals surface area contributed by atoms with Gasteiger partial charge in [-0.2, -0.15) is 5.10 Å². The number of amides is 2. The van der Waals surface area contributed by atoms with E-state index in [2.05, 4.69) is 20.7 Å². The molecule has 2 aromatic heterocycles. The minimum Gasteiger partial charge on any atom is -0.396 e. The lowest BCUT2D eigenvalue weighted by atomic mass is 10.0. The molecular formula is C17H25N5O2. The second kappa shape index (κ2) is 7.92. The SMILES string of the molecule is Cc1cc(C)n(-c2ccc(NC(=O)NC(CCO)C(C)C)cn2)n1.